The molecule has 90 valence electrons. The minimum atomic E-state index is 0.441. The fourth-order valence-electron chi connectivity index (χ4n) is 2.94. The zero-order valence-electron chi connectivity index (χ0n) is 12.5. The minimum Gasteiger partial charge on any atom is -0.0671 e. The van der Waals surface area contributed by atoms with Gasteiger partial charge in [0.2, 0.25) is 0 Å². The van der Waals surface area contributed by atoms with Crippen LogP contribution in [0.2, 0.25) is 10.6 Å². The van der Waals surface area contributed by atoms with Gasteiger partial charge in [0.25, 0.3) is 0 Å². The molecule has 0 saturated heterocycles. The van der Waals surface area contributed by atoms with E-state index in [0.717, 1.165) is 5.92 Å². The molecule has 0 amide bonds. The molecule has 0 unspecified atom stereocenters. The zero-order chi connectivity index (χ0) is 12.5. The van der Waals surface area contributed by atoms with Crippen LogP contribution in [0.5, 0.6) is 0 Å². The third kappa shape index (κ3) is 6.27. The van der Waals surface area contributed by atoms with Gasteiger partial charge >= 0.3 is 0 Å². The van der Waals surface area contributed by atoms with Gasteiger partial charge in [-0.05, 0) is 17.8 Å². The van der Waals surface area contributed by atoms with Crippen LogP contribution in [0, 0.1) is 11.3 Å². The van der Waals surface area contributed by atoms with Crippen molar-refractivity contribution in [2.24, 2.45) is 11.3 Å². The first kappa shape index (κ1) is 15.1. The van der Waals surface area contributed by atoms with E-state index in [0.29, 0.717) is 16.0 Å². The van der Waals surface area contributed by atoms with E-state index >= 15 is 0 Å². The highest BCUT2D eigenvalue weighted by Crippen LogP contribution is 2.46. The lowest BCUT2D eigenvalue weighted by Crippen LogP contribution is -2.30. The maximum atomic E-state index is 2.42. The Labute approximate surface area is 98.5 Å². The molecule has 0 atom stereocenters. The molecule has 0 heterocycles. The van der Waals surface area contributed by atoms with E-state index in [-0.39, 0.29) is 0 Å². The van der Waals surface area contributed by atoms with Gasteiger partial charge in [-0.1, -0.05) is 72.9 Å². The molecule has 0 aromatic rings. The molecule has 0 bridgehead atoms. The Balaban J connectivity index is 4.51. The molecular formula is C14H31B. The first-order valence-corrected chi connectivity index (χ1v) is 6.36. The lowest BCUT2D eigenvalue weighted by atomic mass is 9.39. The van der Waals surface area contributed by atoms with Crippen molar-refractivity contribution in [3.63, 3.8) is 0 Å². The summed E-state index contributed by atoms with van der Waals surface area (Å²) in [6.45, 7) is 21.4. The molecule has 0 spiro atoms. The predicted molar refractivity (Wildman–Crippen MR) is 74.1 cm³/mol. The summed E-state index contributed by atoms with van der Waals surface area (Å²) < 4.78 is 0. The van der Waals surface area contributed by atoms with Crippen molar-refractivity contribution in [1.82, 2.24) is 0 Å². The van der Waals surface area contributed by atoms with Gasteiger partial charge in [0.05, 0.1) is 0 Å². The van der Waals surface area contributed by atoms with Gasteiger partial charge in [0.15, 0.2) is 0 Å². The zero-order valence-corrected chi connectivity index (χ0v) is 12.5. The fraction of sp³-hybridized carbons (Fsp3) is 1.00. The standard InChI is InChI=1S/C14H31B/c1-11(2)13(6,7)10-14(8,9)15-12(3,4)5/h11,15H,10H2,1-9H3. The van der Waals surface area contributed by atoms with Crippen LogP contribution in [0.4, 0.5) is 0 Å². The first-order valence-electron chi connectivity index (χ1n) is 6.36. The first-order chi connectivity index (χ1) is 6.36. The van der Waals surface area contributed by atoms with Crippen molar-refractivity contribution in [3.8, 4) is 0 Å². The van der Waals surface area contributed by atoms with Gasteiger partial charge in [0, 0.05) is 0 Å². The van der Waals surface area contributed by atoms with E-state index in [4.69, 9.17) is 0 Å². The number of hydrogen-bond donors (Lipinski definition) is 0. The van der Waals surface area contributed by atoms with Gasteiger partial charge in [-0.15, -0.1) is 0 Å². The Morgan fingerprint density at radius 1 is 0.867 bits per heavy atom. The number of rotatable bonds is 4. The summed E-state index contributed by atoms with van der Waals surface area (Å²) in [6, 6.07) is 0. The van der Waals surface area contributed by atoms with Crippen molar-refractivity contribution < 1.29 is 0 Å². The summed E-state index contributed by atoms with van der Waals surface area (Å²) in [6.07, 6.45) is 1.31. The van der Waals surface area contributed by atoms with E-state index in [1.165, 1.54) is 13.7 Å². The predicted octanol–water partition coefficient (Wildman–Crippen LogP) is 4.91. The summed E-state index contributed by atoms with van der Waals surface area (Å²) in [5, 5.41) is 0.891. The third-order valence-electron chi connectivity index (χ3n) is 3.51. The maximum Gasteiger partial charge on any atom is 0.133 e. The van der Waals surface area contributed by atoms with E-state index in [1.54, 1.807) is 0 Å². The Morgan fingerprint density at radius 3 is 1.53 bits per heavy atom. The quantitative estimate of drug-likeness (QED) is 0.578. The minimum absolute atomic E-state index is 0.441. The number of hydrogen-bond acceptors (Lipinski definition) is 0. The van der Waals surface area contributed by atoms with E-state index in [9.17, 15) is 0 Å². The van der Waals surface area contributed by atoms with Crippen LogP contribution in [0.3, 0.4) is 0 Å². The third-order valence-corrected chi connectivity index (χ3v) is 3.51. The van der Waals surface area contributed by atoms with Gasteiger partial charge in [-0.3, -0.25) is 0 Å². The molecule has 0 saturated carbocycles. The highest BCUT2D eigenvalue weighted by molar-refractivity contribution is 6.43. The lowest BCUT2D eigenvalue weighted by molar-refractivity contribution is 0.203. The Kier molecular flexibility index (Phi) is 4.53. The van der Waals surface area contributed by atoms with Crippen LogP contribution in [-0.2, 0) is 0 Å². The highest BCUT2D eigenvalue weighted by Gasteiger charge is 2.34. The van der Waals surface area contributed by atoms with Crippen molar-refractivity contribution in [2.75, 3.05) is 0 Å². The molecule has 0 aliphatic heterocycles. The van der Waals surface area contributed by atoms with Crippen molar-refractivity contribution >= 4 is 7.28 Å². The van der Waals surface area contributed by atoms with E-state index < -0.39 is 0 Å². The monoisotopic (exact) mass is 210 g/mol. The largest absolute Gasteiger partial charge is 0.133 e. The summed E-state index contributed by atoms with van der Waals surface area (Å²) >= 11 is 0. The molecule has 0 N–H and O–H groups in total. The molecule has 1 heteroatoms. The molecular weight excluding hydrogens is 179 g/mol. The van der Waals surface area contributed by atoms with Crippen LogP contribution >= 0.6 is 0 Å². The topological polar surface area (TPSA) is 0 Å². The van der Waals surface area contributed by atoms with Crippen LogP contribution in [0.25, 0.3) is 0 Å². The molecule has 0 aliphatic carbocycles. The molecule has 0 nitrogen and oxygen atoms in total. The van der Waals surface area contributed by atoms with Crippen LogP contribution in [-0.4, -0.2) is 7.28 Å². The lowest BCUT2D eigenvalue weighted by Gasteiger charge is -2.40. The Bertz CT molecular complexity index is 194. The summed E-state index contributed by atoms with van der Waals surface area (Å²) in [5.41, 5.74) is 0.453. The van der Waals surface area contributed by atoms with Gasteiger partial charge in [-0.2, -0.15) is 0 Å². The van der Waals surface area contributed by atoms with Crippen molar-refractivity contribution in [1.29, 1.82) is 0 Å². The van der Waals surface area contributed by atoms with Crippen molar-refractivity contribution in [2.45, 2.75) is 79.4 Å². The second-order valence-electron chi connectivity index (χ2n) is 8.22. The molecule has 0 aromatic carbocycles. The molecule has 0 aromatic heterocycles. The normalized spacial score (nSPS) is 14.5. The second-order valence-corrected chi connectivity index (χ2v) is 8.22. The van der Waals surface area contributed by atoms with Crippen molar-refractivity contribution in [3.05, 3.63) is 0 Å². The van der Waals surface area contributed by atoms with E-state index in [2.05, 4.69) is 62.3 Å². The van der Waals surface area contributed by atoms with Gasteiger partial charge in [-0.25, -0.2) is 0 Å². The van der Waals surface area contributed by atoms with Crippen LogP contribution in [0.15, 0.2) is 0 Å². The highest BCUT2D eigenvalue weighted by atomic mass is 14.3. The smallest absolute Gasteiger partial charge is 0.0671 e. The maximum absolute atomic E-state index is 2.42. The average Bonchev–Trinajstić information content (AvgIpc) is 1.75. The molecule has 0 radical (unpaired) electrons. The summed E-state index contributed by atoms with van der Waals surface area (Å²) in [4.78, 5) is 0. The molecule has 15 heavy (non-hydrogen) atoms. The second kappa shape index (κ2) is 4.51. The summed E-state index contributed by atoms with van der Waals surface area (Å²) in [7, 11) is 1.30. The fourth-order valence-corrected chi connectivity index (χ4v) is 2.94. The Morgan fingerprint density at radius 2 is 1.27 bits per heavy atom. The van der Waals surface area contributed by atoms with Crippen LogP contribution in [0.1, 0.15) is 68.7 Å². The van der Waals surface area contributed by atoms with Gasteiger partial charge in [0.1, 0.15) is 7.28 Å². The SMILES string of the molecule is CC(C)C(C)(C)CC(C)(C)BC(C)(C)C. The molecule has 0 rings (SSSR count). The Hall–Kier alpha value is 0.0649. The molecule has 0 fully saturated rings. The summed E-state index contributed by atoms with van der Waals surface area (Å²) in [5.74, 6) is 0.761. The molecule has 0 aliphatic rings. The van der Waals surface area contributed by atoms with Gasteiger partial charge < -0.3 is 0 Å². The van der Waals surface area contributed by atoms with Crippen LogP contribution < -0.4 is 0 Å². The van der Waals surface area contributed by atoms with E-state index in [1.807, 2.05) is 0 Å². The average molecular weight is 210 g/mol.